The molecule has 2 unspecified atom stereocenters. The molecule has 1 amide bonds. The van der Waals surface area contributed by atoms with Crippen LogP contribution < -0.4 is 10.1 Å². The van der Waals surface area contributed by atoms with Crippen molar-refractivity contribution in [2.75, 3.05) is 6.61 Å². The molecule has 0 aliphatic carbocycles. The number of amides is 1. The Bertz CT molecular complexity index is 443. The first-order valence-electron chi connectivity index (χ1n) is 7.14. The summed E-state index contributed by atoms with van der Waals surface area (Å²) in [6, 6.07) is 5.72. The van der Waals surface area contributed by atoms with Crippen LogP contribution in [-0.4, -0.2) is 23.7 Å². The highest BCUT2D eigenvalue weighted by atomic mass is 16.5. The summed E-state index contributed by atoms with van der Waals surface area (Å²) in [6.45, 7) is 7.67. The molecule has 0 aliphatic rings. The Morgan fingerprint density at radius 1 is 1.40 bits per heavy atom. The molecular formula is C16H25NO3. The van der Waals surface area contributed by atoms with E-state index in [1.54, 1.807) is 13.0 Å². The van der Waals surface area contributed by atoms with Crippen LogP contribution in [-0.2, 0) is 4.79 Å². The van der Waals surface area contributed by atoms with Crippen molar-refractivity contribution in [3.63, 3.8) is 0 Å². The van der Waals surface area contributed by atoms with Gasteiger partial charge in [-0.15, -0.1) is 0 Å². The summed E-state index contributed by atoms with van der Waals surface area (Å²) in [5.41, 5.74) is 1.76. The first-order chi connectivity index (χ1) is 9.43. The molecule has 4 nitrogen and oxygen atoms in total. The summed E-state index contributed by atoms with van der Waals surface area (Å²) in [4.78, 5) is 11.8. The first kappa shape index (κ1) is 16.5. The molecule has 0 bridgehead atoms. The second-order valence-electron chi connectivity index (χ2n) is 5.26. The van der Waals surface area contributed by atoms with Crippen LogP contribution in [0.2, 0.25) is 0 Å². The molecule has 0 aromatic heterocycles. The molecule has 112 valence electrons. The van der Waals surface area contributed by atoms with E-state index in [1.165, 1.54) is 0 Å². The summed E-state index contributed by atoms with van der Waals surface area (Å²) in [7, 11) is 0. The van der Waals surface area contributed by atoms with Crippen LogP contribution in [0.3, 0.4) is 0 Å². The monoisotopic (exact) mass is 279 g/mol. The fourth-order valence-electron chi connectivity index (χ4n) is 2.09. The van der Waals surface area contributed by atoms with Crippen molar-refractivity contribution in [3.8, 4) is 5.75 Å². The Morgan fingerprint density at radius 2 is 2.10 bits per heavy atom. The second kappa shape index (κ2) is 7.90. The van der Waals surface area contributed by atoms with Crippen LogP contribution in [0.1, 0.15) is 50.8 Å². The van der Waals surface area contributed by atoms with Gasteiger partial charge in [0.2, 0.25) is 0 Å². The first-order valence-corrected chi connectivity index (χ1v) is 7.14. The van der Waals surface area contributed by atoms with Crippen LogP contribution in [0, 0.1) is 6.92 Å². The number of ether oxygens (including phenoxy) is 1. The number of carbonyl (C=O) groups excluding carboxylic acids is 1. The molecule has 0 aliphatic heterocycles. The second-order valence-corrected chi connectivity index (χ2v) is 5.26. The molecule has 2 atom stereocenters. The average molecular weight is 279 g/mol. The number of hydrogen-bond acceptors (Lipinski definition) is 3. The number of carbonyl (C=O) groups is 1. The number of nitrogens with one attached hydrogen (secondary N) is 1. The quantitative estimate of drug-likeness (QED) is 0.807. The van der Waals surface area contributed by atoms with E-state index in [-0.39, 0.29) is 18.6 Å². The minimum absolute atomic E-state index is 0.0309. The van der Waals surface area contributed by atoms with E-state index < -0.39 is 6.10 Å². The topological polar surface area (TPSA) is 58.6 Å². The third-order valence-corrected chi connectivity index (χ3v) is 3.10. The molecular weight excluding hydrogens is 254 g/mol. The van der Waals surface area contributed by atoms with E-state index >= 15 is 0 Å². The summed E-state index contributed by atoms with van der Waals surface area (Å²) in [5.74, 6) is 0.423. The summed E-state index contributed by atoms with van der Waals surface area (Å²) >= 11 is 0. The standard InChI is InChI=1S/C16H25NO3/c1-5-6-12(3)17-16(19)10-20-15-8-7-11(2)9-14(15)13(4)18/h7-9,12-13,18H,5-6,10H2,1-4H3,(H,17,19). The van der Waals surface area contributed by atoms with Crippen molar-refractivity contribution in [2.45, 2.75) is 52.7 Å². The lowest BCUT2D eigenvalue weighted by Gasteiger charge is -2.16. The third-order valence-electron chi connectivity index (χ3n) is 3.10. The Balaban J connectivity index is 2.59. The van der Waals surface area contributed by atoms with Crippen LogP contribution in [0.5, 0.6) is 5.75 Å². The molecule has 4 heteroatoms. The third kappa shape index (κ3) is 5.21. The predicted molar refractivity (Wildman–Crippen MR) is 79.8 cm³/mol. The lowest BCUT2D eigenvalue weighted by atomic mass is 10.1. The highest BCUT2D eigenvalue weighted by Crippen LogP contribution is 2.26. The molecule has 1 aromatic rings. The molecule has 0 fully saturated rings. The van der Waals surface area contributed by atoms with Gasteiger partial charge in [-0.3, -0.25) is 4.79 Å². The van der Waals surface area contributed by atoms with E-state index in [1.807, 2.05) is 26.0 Å². The zero-order valence-corrected chi connectivity index (χ0v) is 12.8. The van der Waals surface area contributed by atoms with Crippen molar-refractivity contribution >= 4 is 5.91 Å². The molecule has 0 spiro atoms. The number of hydrogen-bond donors (Lipinski definition) is 2. The summed E-state index contributed by atoms with van der Waals surface area (Å²) < 4.78 is 5.52. The Hall–Kier alpha value is -1.55. The fourth-order valence-corrected chi connectivity index (χ4v) is 2.09. The van der Waals surface area contributed by atoms with Gasteiger partial charge in [0.15, 0.2) is 6.61 Å². The van der Waals surface area contributed by atoms with Crippen molar-refractivity contribution in [3.05, 3.63) is 29.3 Å². The van der Waals surface area contributed by atoms with Gasteiger partial charge in [0.25, 0.3) is 5.91 Å². The fraction of sp³-hybridized carbons (Fsp3) is 0.562. The zero-order valence-electron chi connectivity index (χ0n) is 12.8. The van der Waals surface area contributed by atoms with Gasteiger partial charge in [0, 0.05) is 11.6 Å². The lowest BCUT2D eigenvalue weighted by Crippen LogP contribution is -2.36. The normalized spacial score (nSPS) is 13.7. The number of rotatable bonds is 7. The van der Waals surface area contributed by atoms with E-state index in [2.05, 4.69) is 12.2 Å². The molecule has 2 N–H and O–H groups in total. The molecule has 0 saturated carbocycles. The van der Waals surface area contributed by atoms with Gasteiger partial charge in [-0.2, -0.15) is 0 Å². The Morgan fingerprint density at radius 3 is 2.70 bits per heavy atom. The molecule has 0 saturated heterocycles. The minimum Gasteiger partial charge on any atom is -0.483 e. The highest BCUT2D eigenvalue weighted by molar-refractivity contribution is 5.77. The highest BCUT2D eigenvalue weighted by Gasteiger charge is 2.12. The Kier molecular flexibility index (Phi) is 6.52. The van der Waals surface area contributed by atoms with Crippen molar-refractivity contribution in [1.82, 2.24) is 5.32 Å². The molecule has 1 aromatic carbocycles. The maximum Gasteiger partial charge on any atom is 0.258 e. The smallest absolute Gasteiger partial charge is 0.258 e. The van der Waals surface area contributed by atoms with Crippen LogP contribution in [0.25, 0.3) is 0 Å². The largest absolute Gasteiger partial charge is 0.483 e. The van der Waals surface area contributed by atoms with Crippen LogP contribution in [0.4, 0.5) is 0 Å². The zero-order chi connectivity index (χ0) is 15.1. The van der Waals surface area contributed by atoms with Gasteiger partial charge < -0.3 is 15.2 Å². The van der Waals surface area contributed by atoms with Gasteiger partial charge >= 0.3 is 0 Å². The van der Waals surface area contributed by atoms with Gasteiger partial charge in [0.05, 0.1) is 6.10 Å². The van der Waals surface area contributed by atoms with Crippen LogP contribution >= 0.6 is 0 Å². The molecule has 20 heavy (non-hydrogen) atoms. The molecule has 0 radical (unpaired) electrons. The maximum absolute atomic E-state index is 11.8. The average Bonchev–Trinajstić information content (AvgIpc) is 2.37. The number of aliphatic hydroxyl groups is 1. The summed E-state index contributed by atoms with van der Waals surface area (Å²) in [6.07, 6.45) is 1.37. The van der Waals surface area contributed by atoms with Crippen LogP contribution in [0.15, 0.2) is 18.2 Å². The van der Waals surface area contributed by atoms with Crippen molar-refractivity contribution in [2.24, 2.45) is 0 Å². The van der Waals surface area contributed by atoms with Gasteiger partial charge in [-0.05, 0) is 39.3 Å². The predicted octanol–water partition coefficient (Wildman–Crippen LogP) is 2.73. The van der Waals surface area contributed by atoms with E-state index in [0.717, 1.165) is 18.4 Å². The lowest BCUT2D eigenvalue weighted by molar-refractivity contribution is -0.123. The minimum atomic E-state index is -0.619. The number of aryl methyl sites for hydroxylation is 1. The number of benzene rings is 1. The maximum atomic E-state index is 11.8. The SMILES string of the molecule is CCCC(C)NC(=O)COc1ccc(C)cc1C(C)O. The van der Waals surface area contributed by atoms with E-state index in [4.69, 9.17) is 4.74 Å². The van der Waals surface area contributed by atoms with Gasteiger partial charge in [-0.25, -0.2) is 0 Å². The summed E-state index contributed by atoms with van der Waals surface area (Å²) in [5, 5.41) is 12.6. The van der Waals surface area contributed by atoms with Gasteiger partial charge in [-0.1, -0.05) is 25.0 Å². The van der Waals surface area contributed by atoms with Crippen molar-refractivity contribution < 1.29 is 14.6 Å². The molecule has 0 heterocycles. The number of aliphatic hydroxyl groups excluding tert-OH is 1. The molecule has 1 rings (SSSR count). The van der Waals surface area contributed by atoms with E-state index in [9.17, 15) is 9.90 Å². The van der Waals surface area contributed by atoms with Gasteiger partial charge in [0.1, 0.15) is 5.75 Å². The van der Waals surface area contributed by atoms with E-state index in [0.29, 0.717) is 11.3 Å². The van der Waals surface area contributed by atoms with Crippen molar-refractivity contribution in [1.29, 1.82) is 0 Å². The Labute approximate surface area is 121 Å².